The van der Waals surface area contributed by atoms with E-state index in [1.807, 2.05) is 26.0 Å². The minimum Gasteiger partial charge on any atom is -0.491 e. The summed E-state index contributed by atoms with van der Waals surface area (Å²) in [6.07, 6.45) is 1.54. The van der Waals surface area contributed by atoms with E-state index in [1.54, 1.807) is 29.0 Å². The van der Waals surface area contributed by atoms with Crippen molar-refractivity contribution in [3.05, 3.63) is 47.4 Å². The molecule has 2 aromatic heterocycles. The standard InChI is InChI=1S/C20H24N8OS/c1-13(2)29-14-3-4-16(21)15(9-14)19(22)17-10-18(24-11-23-17)27-5-7-28(8-6-27)20-26-25-12-30-20/h3-4,9-13,22H,5-8,21H2,1-2H3. The van der Waals surface area contributed by atoms with Crippen LogP contribution >= 0.6 is 11.3 Å². The van der Waals surface area contributed by atoms with Crippen LogP contribution in [0.15, 0.2) is 36.1 Å². The largest absolute Gasteiger partial charge is 0.491 e. The Kier molecular flexibility index (Phi) is 5.75. The smallest absolute Gasteiger partial charge is 0.208 e. The van der Waals surface area contributed by atoms with Gasteiger partial charge in [-0.15, -0.1) is 10.2 Å². The molecule has 1 fully saturated rings. The van der Waals surface area contributed by atoms with Crippen LogP contribution in [0.1, 0.15) is 25.1 Å². The highest BCUT2D eigenvalue weighted by Crippen LogP contribution is 2.25. The summed E-state index contributed by atoms with van der Waals surface area (Å²) in [6, 6.07) is 7.21. The van der Waals surface area contributed by atoms with Gasteiger partial charge in [-0.1, -0.05) is 11.3 Å². The molecule has 0 atom stereocenters. The van der Waals surface area contributed by atoms with E-state index in [4.69, 9.17) is 15.9 Å². The molecule has 1 aromatic carbocycles. The lowest BCUT2D eigenvalue weighted by Gasteiger charge is -2.35. The average molecular weight is 425 g/mol. The molecule has 9 nitrogen and oxygen atoms in total. The van der Waals surface area contributed by atoms with Crippen molar-refractivity contribution in [3.63, 3.8) is 0 Å². The van der Waals surface area contributed by atoms with Crippen LogP contribution in [-0.4, -0.2) is 58.2 Å². The number of hydrogen-bond donors (Lipinski definition) is 2. The van der Waals surface area contributed by atoms with E-state index in [9.17, 15) is 0 Å². The van der Waals surface area contributed by atoms with Crippen LogP contribution in [0.4, 0.5) is 16.6 Å². The van der Waals surface area contributed by atoms with Crippen molar-refractivity contribution in [2.75, 3.05) is 41.7 Å². The fourth-order valence-electron chi connectivity index (χ4n) is 3.32. The number of nitrogens with two attached hydrogens (primary N) is 1. The third-order valence-electron chi connectivity index (χ3n) is 4.80. The highest BCUT2D eigenvalue weighted by molar-refractivity contribution is 7.13. The fourth-order valence-corrected chi connectivity index (χ4v) is 3.94. The summed E-state index contributed by atoms with van der Waals surface area (Å²) in [6.45, 7) is 7.22. The van der Waals surface area contributed by atoms with Gasteiger partial charge in [0.1, 0.15) is 23.4 Å². The first-order valence-electron chi connectivity index (χ1n) is 9.75. The van der Waals surface area contributed by atoms with Gasteiger partial charge in [0.2, 0.25) is 5.13 Å². The van der Waals surface area contributed by atoms with Crippen LogP contribution in [0.3, 0.4) is 0 Å². The third kappa shape index (κ3) is 4.33. The molecule has 0 spiro atoms. The van der Waals surface area contributed by atoms with Crippen molar-refractivity contribution in [2.45, 2.75) is 20.0 Å². The van der Waals surface area contributed by atoms with Crippen molar-refractivity contribution in [1.29, 1.82) is 5.41 Å². The number of nitrogen functional groups attached to an aromatic ring is 1. The normalized spacial score (nSPS) is 14.2. The molecule has 156 valence electrons. The number of rotatable bonds is 6. The van der Waals surface area contributed by atoms with Gasteiger partial charge >= 0.3 is 0 Å². The van der Waals surface area contributed by atoms with E-state index in [0.29, 0.717) is 22.7 Å². The van der Waals surface area contributed by atoms with E-state index in [1.165, 1.54) is 6.33 Å². The number of benzene rings is 1. The zero-order valence-corrected chi connectivity index (χ0v) is 17.8. The molecule has 1 aliphatic rings. The van der Waals surface area contributed by atoms with Crippen molar-refractivity contribution in [2.24, 2.45) is 0 Å². The van der Waals surface area contributed by atoms with Gasteiger partial charge in [0.15, 0.2) is 0 Å². The first-order valence-corrected chi connectivity index (χ1v) is 10.6. The second kappa shape index (κ2) is 8.62. The molecule has 0 aliphatic carbocycles. The van der Waals surface area contributed by atoms with Crippen LogP contribution in [0.2, 0.25) is 0 Å². The van der Waals surface area contributed by atoms with E-state index in [0.717, 1.165) is 37.1 Å². The summed E-state index contributed by atoms with van der Waals surface area (Å²) in [4.78, 5) is 13.2. The number of anilines is 3. The van der Waals surface area contributed by atoms with E-state index in [-0.39, 0.29) is 11.8 Å². The zero-order valence-electron chi connectivity index (χ0n) is 16.9. The number of piperazine rings is 1. The van der Waals surface area contributed by atoms with E-state index in [2.05, 4.69) is 30.0 Å². The van der Waals surface area contributed by atoms with Gasteiger partial charge in [0.25, 0.3) is 0 Å². The molecule has 0 bridgehead atoms. The lowest BCUT2D eigenvalue weighted by Crippen LogP contribution is -2.46. The fraction of sp³-hybridized carbons (Fsp3) is 0.350. The molecule has 1 saturated heterocycles. The molecular weight excluding hydrogens is 400 g/mol. The predicted octanol–water partition coefficient (Wildman–Crippen LogP) is 2.44. The predicted molar refractivity (Wildman–Crippen MR) is 119 cm³/mol. The van der Waals surface area contributed by atoms with Crippen LogP contribution in [-0.2, 0) is 0 Å². The van der Waals surface area contributed by atoms with Crippen molar-refractivity contribution >= 4 is 33.7 Å². The Hall–Kier alpha value is -3.27. The molecule has 0 radical (unpaired) electrons. The molecule has 30 heavy (non-hydrogen) atoms. The Morgan fingerprint density at radius 2 is 1.90 bits per heavy atom. The summed E-state index contributed by atoms with van der Waals surface area (Å²) >= 11 is 1.55. The molecule has 0 amide bonds. The van der Waals surface area contributed by atoms with Gasteiger partial charge in [-0.25, -0.2) is 9.97 Å². The second-order valence-electron chi connectivity index (χ2n) is 7.25. The van der Waals surface area contributed by atoms with Crippen molar-refractivity contribution in [1.82, 2.24) is 20.2 Å². The van der Waals surface area contributed by atoms with Gasteiger partial charge < -0.3 is 20.3 Å². The molecule has 0 unspecified atom stereocenters. The quantitative estimate of drug-likeness (QED) is 0.458. The average Bonchev–Trinajstić information content (AvgIpc) is 3.29. The lowest BCUT2D eigenvalue weighted by atomic mass is 10.0. The van der Waals surface area contributed by atoms with Gasteiger partial charge in [-0.05, 0) is 32.0 Å². The summed E-state index contributed by atoms with van der Waals surface area (Å²) in [7, 11) is 0. The Morgan fingerprint density at radius 3 is 2.60 bits per heavy atom. The molecule has 3 heterocycles. The Morgan fingerprint density at radius 1 is 1.13 bits per heavy atom. The van der Waals surface area contributed by atoms with Crippen LogP contribution in [0.5, 0.6) is 5.75 Å². The monoisotopic (exact) mass is 424 g/mol. The maximum absolute atomic E-state index is 8.66. The first kappa shape index (κ1) is 20.0. The lowest BCUT2D eigenvalue weighted by molar-refractivity contribution is 0.242. The second-order valence-corrected chi connectivity index (χ2v) is 8.06. The molecule has 10 heteroatoms. The number of nitrogens with zero attached hydrogens (tertiary/aromatic N) is 6. The number of nitrogens with one attached hydrogen (secondary N) is 1. The van der Waals surface area contributed by atoms with E-state index < -0.39 is 0 Å². The first-order chi connectivity index (χ1) is 14.5. The molecular formula is C20H24N8OS. The molecule has 1 aliphatic heterocycles. The summed E-state index contributed by atoms with van der Waals surface area (Å²) in [5.74, 6) is 1.48. The summed E-state index contributed by atoms with van der Waals surface area (Å²) < 4.78 is 5.75. The Labute approximate surface area is 179 Å². The van der Waals surface area contributed by atoms with Gasteiger partial charge in [0.05, 0.1) is 17.5 Å². The van der Waals surface area contributed by atoms with Crippen LogP contribution in [0, 0.1) is 5.41 Å². The molecule has 4 rings (SSSR count). The summed E-state index contributed by atoms with van der Waals surface area (Å²) in [5.41, 5.74) is 9.77. The van der Waals surface area contributed by atoms with Gasteiger partial charge in [-0.3, -0.25) is 5.41 Å². The third-order valence-corrected chi connectivity index (χ3v) is 5.55. The van der Waals surface area contributed by atoms with Gasteiger partial charge in [0, 0.05) is 43.5 Å². The number of aromatic nitrogens is 4. The van der Waals surface area contributed by atoms with Crippen LogP contribution < -0.4 is 20.3 Å². The molecule has 3 N–H and O–H groups in total. The highest BCUT2D eigenvalue weighted by atomic mass is 32.1. The molecule has 3 aromatic rings. The Balaban J connectivity index is 1.50. The number of ether oxygens (including phenoxy) is 1. The maximum Gasteiger partial charge on any atom is 0.208 e. The minimum atomic E-state index is 0.0418. The summed E-state index contributed by atoms with van der Waals surface area (Å²) in [5, 5.41) is 17.7. The minimum absolute atomic E-state index is 0.0418. The Bertz CT molecular complexity index is 1020. The highest BCUT2D eigenvalue weighted by Gasteiger charge is 2.21. The molecule has 0 saturated carbocycles. The van der Waals surface area contributed by atoms with Crippen molar-refractivity contribution in [3.8, 4) is 5.75 Å². The SMILES string of the molecule is CC(C)Oc1ccc(N)c(C(=N)c2cc(N3CCN(c4nncs4)CC3)ncn2)c1. The van der Waals surface area contributed by atoms with Crippen LogP contribution in [0.25, 0.3) is 0 Å². The van der Waals surface area contributed by atoms with E-state index >= 15 is 0 Å². The maximum atomic E-state index is 8.66. The van der Waals surface area contributed by atoms with Gasteiger partial charge in [-0.2, -0.15) is 0 Å². The number of hydrogen-bond acceptors (Lipinski definition) is 10. The van der Waals surface area contributed by atoms with Crippen molar-refractivity contribution < 1.29 is 4.74 Å². The topological polar surface area (TPSA) is 117 Å². The zero-order chi connectivity index (χ0) is 21.1.